The molecule has 1 aliphatic rings. The molecule has 0 bridgehead atoms. The molecule has 1 saturated heterocycles. The van der Waals surface area contributed by atoms with Gasteiger partial charge in [0.2, 0.25) is 5.91 Å². The van der Waals surface area contributed by atoms with Gasteiger partial charge in [-0.15, -0.1) is 0 Å². The highest BCUT2D eigenvalue weighted by atomic mass is 16.7. The lowest BCUT2D eigenvalue weighted by molar-refractivity contribution is -0.302. The molecule has 9 nitrogen and oxygen atoms in total. The van der Waals surface area contributed by atoms with Gasteiger partial charge in [-0.3, -0.25) is 4.79 Å². The smallest absolute Gasteiger partial charge is 0.220 e. The number of unbranched alkanes of at least 4 members (excludes halogenated alkanes) is 51. The van der Waals surface area contributed by atoms with Crippen molar-refractivity contribution < 1.29 is 39.8 Å². The van der Waals surface area contributed by atoms with Crippen molar-refractivity contribution in [3.63, 3.8) is 0 Å². The molecule has 6 N–H and O–H groups in total. The van der Waals surface area contributed by atoms with Crippen LogP contribution in [-0.4, -0.2) is 87.5 Å². The maximum atomic E-state index is 13.1. The topological polar surface area (TPSA) is 149 Å². The molecule has 1 amide bonds. The summed E-state index contributed by atoms with van der Waals surface area (Å²) in [5.41, 5.74) is 0. The number of hydrogen-bond donors (Lipinski definition) is 6. The lowest BCUT2D eigenvalue weighted by Crippen LogP contribution is -2.60. The maximum Gasteiger partial charge on any atom is 0.220 e. The van der Waals surface area contributed by atoms with Crippen LogP contribution >= 0.6 is 0 Å². The first-order valence-corrected chi connectivity index (χ1v) is 34.2. The number of ether oxygens (including phenoxy) is 2. The SMILES string of the molecule is CCCCCCCCCCCCCCCCCCCCCCCCCCCCCCCC(=O)NC(COC1OC(CO)C(O)C(O)C1O)C(O)CCCCCCCCCCCCCCCCCCCCCCCCCC. The van der Waals surface area contributed by atoms with Gasteiger partial charge in [0.25, 0.3) is 0 Å². The molecule has 0 radical (unpaired) electrons. The first-order chi connectivity index (χ1) is 37.3. The Morgan fingerprint density at radius 2 is 0.658 bits per heavy atom. The maximum absolute atomic E-state index is 13.1. The van der Waals surface area contributed by atoms with Gasteiger partial charge in [0.1, 0.15) is 24.4 Å². The van der Waals surface area contributed by atoms with E-state index >= 15 is 0 Å². The second kappa shape index (κ2) is 57.4. The Kier molecular flexibility index (Phi) is 55.3. The molecule has 1 heterocycles. The van der Waals surface area contributed by atoms with Gasteiger partial charge in [-0.1, -0.05) is 348 Å². The molecule has 0 aromatic carbocycles. The van der Waals surface area contributed by atoms with Crippen LogP contribution in [0, 0.1) is 0 Å². The third kappa shape index (κ3) is 45.9. The predicted octanol–water partition coefficient (Wildman–Crippen LogP) is 18.1. The number of rotatable bonds is 61. The minimum Gasteiger partial charge on any atom is -0.394 e. The van der Waals surface area contributed by atoms with E-state index in [2.05, 4.69) is 19.2 Å². The molecule has 1 aliphatic heterocycles. The molecule has 9 heteroatoms. The third-order valence-corrected chi connectivity index (χ3v) is 17.0. The van der Waals surface area contributed by atoms with Crippen LogP contribution in [0.2, 0.25) is 0 Å². The summed E-state index contributed by atoms with van der Waals surface area (Å²) in [4.78, 5) is 13.1. The summed E-state index contributed by atoms with van der Waals surface area (Å²) in [6.07, 6.45) is 64.5. The Morgan fingerprint density at radius 3 is 0.934 bits per heavy atom. The summed E-state index contributed by atoms with van der Waals surface area (Å²) >= 11 is 0. The molecule has 0 saturated carbocycles. The Bertz CT molecular complexity index is 1160. The van der Waals surface area contributed by atoms with Crippen LogP contribution in [0.4, 0.5) is 0 Å². The summed E-state index contributed by atoms with van der Waals surface area (Å²) in [6, 6.07) is -0.715. The van der Waals surface area contributed by atoms with E-state index in [1.807, 2.05) is 0 Å². The van der Waals surface area contributed by atoms with Crippen LogP contribution in [0.15, 0.2) is 0 Å². The summed E-state index contributed by atoms with van der Waals surface area (Å²) in [5, 5.41) is 54.9. The average Bonchev–Trinajstić information content (AvgIpc) is 3.42. The van der Waals surface area contributed by atoms with Gasteiger partial charge >= 0.3 is 0 Å². The van der Waals surface area contributed by atoms with Crippen molar-refractivity contribution in [2.45, 2.75) is 410 Å². The van der Waals surface area contributed by atoms with Gasteiger partial charge < -0.3 is 40.3 Å². The van der Waals surface area contributed by atoms with Crippen LogP contribution in [0.3, 0.4) is 0 Å². The van der Waals surface area contributed by atoms with Crippen molar-refractivity contribution in [1.29, 1.82) is 0 Å². The molecule has 0 aromatic rings. The van der Waals surface area contributed by atoms with E-state index in [4.69, 9.17) is 9.47 Å². The van der Waals surface area contributed by atoms with E-state index < -0.39 is 49.5 Å². The van der Waals surface area contributed by atoms with Crippen LogP contribution < -0.4 is 5.32 Å². The highest BCUT2D eigenvalue weighted by molar-refractivity contribution is 5.76. The fourth-order valence-corrected chi connectivity index (χ4v) is 11.6. The van der Waals surface area contributed by atoms with E-state index in [9.17, 15) is 30.3 Å². The zero-order valence-corrected chi connectivity index (χ0v) is 50.8. The first kappa shape index (κ1) is 73.2. The minimum atomic E-state index is -1.55. The summed E-state index contributed by atoms with van der Waals surface area (Å²) in [6.45, 7) is 3.91. The second-order valence-corrected chi connectivity index (χ2v) is 24.3. The van der Waals surface area contributed by atoms with E-state index in [0.29, 0.717) is 12.8 Å². The summed E-state index contributed by atoms with van der Waals surface area (Å²) in [5.74, 6) is -0.133. The number of hydrogen-bond acceptors (Lipinski definition) is 8. The van der Waals surface area contributed by atoms with E-state index in [1.54, 1.807) is 0 Å². The van der Waals surface area contributed by atoms with Gasteiger partial charge in [-0.2, -0.15) is 0 Å². The van der Waals surface area contributed by atoms with Crippen molar-refractivity contribution >= 4 is 5.91 Å². The molecule has 7 atom stereocenters. The number of amides is 1. The largest absolute Gasteiger partial charge is 0.394 e. The fourth-order valence-electron chi connectivity index (χ4n) is 11.6. The molecule has 0 aliphatic carbocycles. The fraction of sp³-hybridized carbons (Fsp3) is 0.985. The third-order valence-electron chi connectivity index (χ3n) is 17.0. The van der Waals surface area contributed by atoms with Crippen LogP contribution in [0.5, 0.6) is 0 Å². The number of aliphatic hydroxyl groups is 5. The minimum absolute atomic E-state index is 0.130. The molecule has 0 spiro atoms. The standard InChI is InChI=1S/C67H133NO8/c1-3-5-7-9-11-13-15-17-19-21-23-25-27-29-30-31-32-33-35-37-39-41-43-45-47-49-51-53-55-57-63(71)68-60(59-75-67-66(74)65(73)64(72)62(58-69)76-67)61(70)56-54-52-50-48-46-44-42-40-38-36-34-28-26-24-22-20-18-16-14-12-10-8-6-4-2/h60-62,64-67,69-70,72-74H,3-59H2,1-2H3,(H,68,71). The Labute approximate surface area is 472 Å². The molecule has 0 aromatic heterocycles. The molecule has 1 fully saturated rings. The molecular weight excluding hydrogens is 947 g/mol. The van der Waals surface area contributed by atoms with Gasteiger partial charge in [0.15, 0.2) is 6.29 Å². The molecular formula is C67H133NO8. The van der Waals surface area contributed by atoms with Crippen molar-refractivity contribution in [1.82, 2.24) is 5.32 Å². The zero-order chi connectivity index (χ0) is 55.0. The van der Waals surface area contributed by atoms with Crippen molar-refractivity contribution in [2.24, 2.45) is 0 Å². The first-order valence-electron chi connectivity index (χ1n) is 34.2. The average molecular weight is 1080 g/mol. The Hall–Kier alpha value is -0.810. The van der Waals surface area contributed by atoms with Gasteiger partial charge in [-0.25, -0.2) is 0 Å². The number of nitrogens with one attached hydrogen (secondary N) is 1. The molecule has 7 unspecified atom stereocenters. The highest BCUT2D eigenvalue weighted by Gasteiger charge is 2.44. The van der Waals surface area contributed by atoms with Gasteiger partial charge in [0.05, 0.1) is 25.4 Å². The number of carbonyl (C=O) groups is 1. The predicted molar refractivity (Wildman–Crippen MR) is 323 cm³/mol. The van der Waals surface area contributed by atoms with Crippen molar-refractivity contribution in [3.8, 4) is 0 Å². The van der Waals surface area contributed by atoms with Gasteiger partial charge in [0, 0.05) is 6.42 Å². The molecule has 454 valence electrons. The van der Waals surface area contributed by atoms with Crippen LogP contribution in [0.25, 0.3) is 0 Å². The molecule has 1 rings (SSSR count). The van der Waals surface area contributed by atoms with Crippen LogP contribution in [0.1, 0.15) is 367 Å². The number of carbonyl (C=O) groups excluding carboxylic acids is 1. The molecule has 76 heavy (non-hydrogen) atoms. The second-order valence-electron chi connectivity index (χ2n) is 24.3. The monoisotopic (exact) mass is 1080 g/mol. The van der Waals surface area contributed by atoms with Crippen molar-refractivity contribution in [2.75, 3.05) is 13.2 Å². The highest BCUT2D eigenvalue weighted by Crippen LogP contribution is 2.24. The van der Waals surface area contributed by atoms with E-state index in [0.717, 1.165) is 38.5 Å². The van der Waals surface area contributed by atoms with Crippen molar-refractivity contribution in [3.05, 3.63) is 0 Å². The normalized spacial score (nSPS) is 18.6. The zero-order valence-electron chi connectivity index (χ0n) is 50.8. The summed E-state index contributed by atoms with van der Waals surface area (Å²) < 4.78 is 11.4. The lowest BCUT2D eigenvalue weighted by Gasteiger charge is -2.40. The van der Waals surface area contributed by atoms with Crippen LogP contribution in [-0.2, 0) is 14.3 Å². The Balaban J connectivity index is 2.10. The number of aliphatic hydroxyl groups excluding tert-OH is 5. The van der Waals surface area contributed by atoms with E-state index in [-0.39, 0.29) is 12.5 Å². The summed E-state index contributed by atoms with van der Waals surface area (Å²) in [7, 11) is 0. The Morgan fingerprint density at radius 1 is 0.395 bits per heavy atom. The lowest BCUT2D eigenvalue weighted by atomic mass is 9.99. The quantitative estimate of drug-likeness (QED) is 0.0330. The van der Waals surface area contributed by atoms with E-state index in [1.165, 1.54) is 302 Å². The van der Waals surface area contributed by atoms with Gasteiger partial charge in [-0.05, 0) is 12.8 Å².